The molecular weight excluding hydrogens is 1210 g/mol. The van der Waals surface area contributed by atoms with Crippen molar-refractivity contribution in [2.45, 2.75) is 37.1 Å². The average Bonchev–Trinajstić information content (AvgIpc) is 1.47. The summed E-state index contributed by atoms with van der Waals surface area (Å²) >= 11 is 0. The normalized spacial score (nSPS) is 15.4. The molecule has 6 amide bonds. The maximum atomic E-state index is 13.1. The summed E-state index contributed by atoms with van der Waals surface area (Å²) in [6.45, 7) is 1.38. The summed E-state index contributed by atoms with van der Waals surface area (Å²) in [5, 5.41) is 7.12. The van der Waals surface area contributed by atoms with Crippen LogP contribution >= 0.6 is 0 Å². The van der Waals surface area contributed by atoms with Crippen LogP contribution in [0.2, 0.25) is 0 Å². The van der Waals surface area contributed by atoms with E-state index in [0.717, 1.165) is 54.6 Å². The highest BCUT2D eigenvalue weighted by Gasteiger charge is 2.40. The quantitative estimate of drug-likeness (QED) is 0.134. The van der Waals surface area contributed by atoms with Gasteiger partial charge in [-0.2, -0.15) is 79.0 Å². The topological polar surface area (TPSA) is 184 Å². The second kappa shape index (κ2) is 26.6. The van der Waals surface area contributed by atoms with E-state index >= 15 is 0 Å². The lowest BCUT2D eigenvalue weighted by Crippen LogP contribution is -2.50. The number of nitrogens with zero attached hydrogens (tertiary/aromatic N) is 12. The SMILES string of the molecule is O=C(Nc1ccc(C(F)(F)F)cn1)N1CCN(c2ncccc2C(F)(F)F)CC1.O=C(Nc1ccc(C(F)(F)F)cn1)N1CCN(c2ncccc2C(F)(F)F)CC1.O=C(Nc1ccc(C(F)(F)F)cn1)N1CCN(c2ncccc2C(F)(F)F)CC1. The number of pyridine rings is 6. The first kappa shape index (κ1) is 65.4. The minimum absolute atomic E-state index is 0.0606. The van der Waals surface area contributed by atoms with Crippen molar-refractivity contribution in [3.63, 3.8) is 0 Å². The monoisotopic (exact) mass is 1260 g/mol. The second-order valence-electron chi connectivity index (χ2n) is 18.6. The van der Waals surface area contributed by atoms with Gasteiger partial charge in [-0.3, -0.25) is 16.0 Å². The van der Waals surface area contributed by atoms with Crippen LogP contribution in [-0.4, -0.2) is 141 Å². The number of amides is 6. The molecule has 3 saturated heterocycles. The van der Waals surface area contributed by atoms with Crippen LogP contribution in [0.25, 0.3) is 0 Å². The van der Waals surface area contributed by atoms with Crippen LogP contribution < -0.4 is 30.7 Å². The van der Waals surface area contributed by atoms with Gasteiger partial charge in [0.15, 0.2) is 0 Å². The lowest BCUT2D eigenvalue weighted by molar-refractivity contribution is -0.138. The lowest BCUT2D eigenvalue weighted by Gasteiger charge is -2.36. The molecule has 18 nitrogen and oxygen atoms in total. The molecule has 468 valence electrons. The van der Waals surface area contributed by atoms with Crippen molar-refractivity contribution in [2.24, 2.45) is 0 Å². The van der Waals surface area contributed by atoms with Gasteiger partial charge in [0.25, 0.3) is 0 Å². The largest absolute Gasteiger partial charge is 0.419 e. The summed E-state index contributed by atoms with van der Waals surface area (Å²) in [6.07, 6.45) is -21.6. The van der Waals surface area contributed by atoms with E-state index in [0.29, 0.717) is 18.6 Å². The molecule has 36 heteroatoms. The van der Waals surface area contributed by atoms with Gasteiger partial charge in [0.05, 0.1) is 33.4 Å². The molecule has 9 rings (SSSR count). The summed E-state index contributed by atoms with van der Waals surface area (Å²) in [5.41, 5.74) is -5.40. The number of anilines is 6. The number of urea groups is 3. The van der Waals surface area contributed by atoms with Crippen LogP contribution in [0.15, 0.2) is 110 Å². The molecule has 0 aromatic carbocycles. The summed E-state index contributed by atoms with van der Waals surface area (Å²) in [4.78, 5) is 67.2. The third-order valence-electron chi connectivity index (χ3n) is 12.9. The van der Waals surface area contributed by atoms with Gasteiger partial charge in [0.2, 0.25) is 0 Å². The average molecular weight is 1260 g/mol. The first-order chi connectivity index (χ1) is 40.7. The van der Waals surface area contributed by atoms with Crippen molar-refractivity contribution >= 4 is 53.0 Å². The molecule has 6 aromatic heterocycles. The molecule has 6 aromatic rings. The van der Waals surface area contributed by atoms with Gasteiger partial charge in [-0.1, -0.05) is 0 Å². The van der Waals surface area contributed by atoms with Gasteiger partial charge < -0.3 is 29.4 Å². The van der Waals surface area contributed by atoms with Crippen LogP contribution in [-0.2, 0) is 37.1 Å². The van der Waals surface area contributed by atoms with Gasteiger partial charge >= 0.3 is 55.2 Å². The number of nitrogens with one attached hydrogen (secondary N) is 3. The van der Waals surface area contributed by atoms with Crippen molar-refractivity contribution < 1.29 is 93.4 Å². The van der Waals surface area contributed by atoms with E-state index in [2.05, 4.69) is 45.9 Å². The molecule has 0 saturated carbocycles. The fourth-order valence-electron chi connectivity index (χ4n) is 8.45. The molecule has 3 aliphatic heterocycles. The molecule has 87 heavy (non-hydrogen) atoms. The fourth-order valence-corrected chi connectivity index (χ4v) is 8.45. The van der Waals surface area contributed by atoms with Gasteiger partial charge in [-0.25, -0.2) is 44.3 Å². The second-order valence-corrected chi connectivity index (χ2v) is 18.6. The molecule has 0 unspecified atom stereocenters. The van der Waals surface area contributed by atoms with Crippen LogP contribution in [0, 0.1) is 0 Å². The van der Waals surface area contributed by atoms with E-state index in [9.17, 15) is 93.4 Å². The number of carbonyl (C=O) groups is 3. The van der Waals surface area contributed by atoms with Gasteiger partial charge in [-0.15, -0.1) is 0 Å². The van der Waals surface area contributed by atoms with Gasteiger partial charge in [0.1, 0.15) is 34.9 Å². The Morgan fingerprint density at radius 2 is 0.540 bits per heavy atom. The zero-order valence-electron chi connectivity index (χ0n) is 44.3. The summed E-state index contributed by atoms with van der Waals surface area (Å²) in [7, 11) is 0. The van der Waals surface area contributed by atoms with Crippen LogP contribution in [0.4, 0.5) is 128 Å². The summed E-state index contributed by atoms with van der Waals surface area (Å²) in [5.74, 6) is -0.795. The van der Waals surface area contributed by atoms with Crippen molar-refractivity contribution in [2.75, 3.05) is 109 Å². The Balaban J connectivity index is 0.000000186. The minimum Gasteiger partial charge on any atom is -0.353 e. The maximum Gasteiger partial charge on any atom is 0.419 e. The number of aromatic nitrogens is 6. The van der Waals surface area contributed by atoms with E-state index < -0.39 is 88.5 Å². The zero-order chi connectivity index (χ0) is 63.7. The van der Waals surface area contributed by atoms with Crippen LogP contribution in [0.1, 0.15) is 33.4 Å². The Morgan fingerprint density at radius 3 is 0.724 bits per heavy atom. The minimum atomic E-state index is -4.55. The fraction of sp³-hybridized carbons (Fsp3) is 0.353. The Kier molecular flexibility index (Phi) is 20.0. The maximum absolute atomic E-state index is 13.1. The van der Waals surface area contributed by atoms with Gasteiger partial charge in [-0.05, 0) is 72.8 Å². The van der Waals surface area contributed by atoms with Crippen molar-refractivity contribution in [3.05, 3.63) is 143 Å². The molecule has 3 N–H and O–H groups in total. The number of carbonyl (C=O) groups excluding carboxylic acids is 3. The molecule has 0 radical (unpaired) electrons. The number of rotatable bonds is 6. The third-order valence-corrected chi connectivity index (χ3v) is 12.9. The Hall–Kier alpha value is -9.15. The van der Waals surface area contributed by atoms with Gasteiger partial charge in [0, 0.05) is 116 Å². The number of halogens is 18. The van der Waals surface area contributed by atoms with E-state index in [1.807, 2.05) is 0 Å². The third kappa shape index (κ3) is 17.7. The highest BCUT2D eigenvalue weighted by Crippen LogP contribution is 2.39. The molecular formula is C51H45F18N15O3. The van der Waals surface area contributed by atoms with E-state index in [1.165, 1.54) is 66.2 Å². The predicted molar refractivity (Wildman–Crippen MR) is 274 cm³/mol. The Labute approximate surface area is 479 Å². The van der Waals surface area contributed by atoms with E-state index in [-0.39, 0.29) is 113 Å². The summed E-state index contributed by atoms with van der Waals surface area (Å²) < 4.78 is 231. The molecule has 0 atom stereocenters. The highest BCUT2D eigenvalue weighted by atomic mass is 19.4. The molecule has 0 bridgehead atoms. The summed E-state index contributed by atoms with van der Waals surface area (Å²) in [6, 6.07) is 10.1. The Bertz CT molecular complexity index is 2920. The number of hydrogen-bond acceptors (Lipinski definition) is 12. The standard InChI is InChI=1S/3C17H15F6N5O/c3*18-16(19,20)11-3-4-13(25-10-11)26-15(29)28-8-6-27(7-9-28)14-12(17(21,22)23)2-1-5-24-14/h3*1-5,10H,6-9H2,(H,25,26,29). The molecule has 3 fully saturated rings. The number of hydrogen-bond donors (Lipinski definition) is 3. The molecule has 9 heterocycles. The van der Waals surface area contributed by atoms with Crippen molar-refractivity contribution in [3.8, 4) is 0 Å². The van der Waals surface area contributed by atoms with Crippen LogP contribution in [0.3, 0.4) is 0 Å². The lowest BCUT2D eigenvalue weighted by atomic mass is 10.2. The number of piperazine rings is 3. The van der Waals surface area contributed by atoms with Crippen molar-refractivity contribution in [1.29, 1.82) is 0 Å². The molecule has 0 spiro atoms. The van der Waals surface area contributed by atoms with E-state index in [1.54, 1.807) is 0 Å². The van der Waals surface area contributed by atoms with Crippen LogP contribution in [0.5, 0.6) is 0 Å². The molecule has 3 aliphatic rings. The smallest absolute Gasteiger partial charge is 0.353 e. The van der Waals surface area contributed by atoms with E-state index in [4.69, 9.17) is 0 Å². The predicted octanol–water partition coefficient (Wildman–Crippen LogP) is 11.6. The zero-order valence-corrected chi connectivity index (χ0v) is 44.3. The Morgan fingerprint density at radius 1 is 0.310 bits per heavy atom. The highest BCUT2D eigenvalue weighted by molar-refractivity contribution is 5.89. The number of alkyl halides is 18. The first-order valence-electron chi connectivity index (χ1n) is 25.3. The molecule has 0 aliphatic carbocycles. The first-order valence-corrected chi connectivity index (χ1v) is 25.3. The van der Waals surface area contributed by atoms with Crippen molar-refractivity contribution in [1.82, 2.24) is 44.6 Å².